The van der Waals surface area contributed by atoms with Crippen LogP contribution in [0.15, 0.2) is 71.8 Å². The van der Waals surface area contributed by atoms with Crippen LogP contribution in [0.25, 0.3) is 10.8 Å². The summed E-state index contributed by atoms with van der Waals surface area (Å²) in [7, 11) is 0. The van der Waals surface area contributed by atoms with Gasteiger partial charge in [-0.1, -0.05) is 60.7 Å². The Morgan fingerprint density at radius 2 is 1.72 bits per heavy atom. The van der Waals surface area contributed by atoms with Gasteiger partial charge >= 0.3 is 0 Å². The fraction of sp³-hybridized carbons (Fsp3) is 0.143. The molecule has 0 saturated heterocycles. The number of amides is 1. The van der Waals surface area contributed by atoms with Gasteiger partial charge in [-0.05, 0) is 30.4 Å². The molecule has 2 N–H and O–H groups in total. The summed E-state index contributed by atoms with van der Waals surface area (Å²) in [4.78, 5) is 12.0. The molecule has 4 nitrogen and oxygen atoms in total. The molecule has 0 fully saturated rings. The van der Waals surface area contributed by atoms with Crippen molar-refractivity contribution in [3.05, 3.63) is 77.9 Å². The lowest BCUT2D eigenvalue weighted by Crippen LogP contribution is -2.19. The van der Waals surface area contributed by atoms with E-state index < -0.39 is 0 Å². The van der Waals surface area contributed by atoms with Crippen LogP contribution in [-0.4, -0.2) is 16.7 Å². The first-order valence-electron chi connectivity index (χ1n) is 8.23. The minimum Gasteiger partial charge on any atom is -0.507 e. The van der Waals surface area contributed by atoms with Gasteiger partial charge in [0.2, 0.25) is 5.91 Å². The molecule has 0 aliphatic heterocycles. The van der Waals surface area contributed by atoms with E-state index in [0.29, 0.717) is 24.1 Å². The maximum absolute atomic E-state index is 12.0. The van der Waals surface area contributed by atoms with Crippen LogP contribution in [0.5, 0.6) is 5.75 Å². The monoisotopic (exact) mass is 332 g/mol. The molecule has 0 saturated carbocycles. The minimum atomic E-state index is -0.150. The lowest BCUT2D eigenvalue weighted by molar-refractivity contribution is -0.121. The number of hydrogen-bond acceptors (Lipinski definition) is 3. The third kappa shape index (κ3) is 4.04. The maximum atomic E-state index is 12.0. The summed E-state index contributed by atoms with van der Waals surface area (Å²) in [5.74, 6) is 0.0290. The normalized spacial score (nSPS) is 11.5. The van der Waals surface area contributed by atoms with E-state index in [4.69, 9.17) is 0 Å². The van der Waals surface area contributed by atoms with Crippen molar-refractivity contribution < 1.29 is 9.90 Å². The Labute approximate surface area is 146 Å². The summed E-state index contributed by atoms with van der Waals surface area (Å²) in [5.41, 5.74) is 4.86. The van der Waals surface area contributed by atoms with Gasteiger partial charge in [-0.25, -0.2) is 5.43 Å². The standard InChI is InChI=1S/C21H20N2O2/c1-15(18-13-12-17-9-5-6-10-19(17)21(18)25)22-23-20(24)14-11-16-7-3-2-4-8-16/h2-10,12-13,25H,11,14H2,1H3,(H,23,24)/b22-15+. The van der Waals surface area contributed by atoms with Gasteiger partial charge in [-0.2, -0.15) is 5.10 Å². The first-order chi connectivity index (χ1) is 12.1. The van der Waals surface area contributed by atoms with E-state index in [1.807, 2.05) is 66.7 Å². The van der Waals surface area contributed by atoms with Crippen molar-refractivity contribution in [3.8, 4) is 5.75 Å². The molecule has 0 atom stereocenters. The van der Waals surface area contributed by atoms with Crippen molar-refractivity contribution in [3.63, 3.8) is 0 Å². The quantitative estimate of drug-likeness (QED) is 0.547. The molecule has 3 rings (SSSR count). The van der Waals surface area contributed by atoms with Gasteiger partial charge in [-0.3, -0.25) is 4.79 Å². The fourth-order valence-corrected chi connectivity index (χ4v) is 2.71. The first-order valence-corrected chi connectivity index (χ1v) is 8.23. The van der Waals surface area contributed by atoms with Gasteiger partial charge in [0.15, 0.2) is 0 Å². The zero-order chi connectivity index (χ0) is 17.6. The molecule has 0 aromatic heterocycles. The number of aromatic hydroxyl groups is 1. The van der Waals surface area contributed by atoms with Gasteiger partial charge in [-0.15, -0.1) is 0 Å². The van der Waals surface area contributed by atoms with Crippen molar-refractivity contribution >= 4 is 22.4 Å². The van der Waals surface area contributed by atoms with Crippen LogP contribution in [0.1, 0.15) is 24.5 Å². The van der Waals surface area contributed by atoms with Crippen LogP contribution < -0.4 is 5.43 Å². The molecule has 3 aromatic carbocycles. The highest BCUT2D eigenvalue weighted by molar-refractivity contribution is 6.06. The first kappa shape index (κ1) is 16.7. The number of hydrazone groups is 1. The third-order valence-corrected chi connectivity index (χ3v) is 4.12. The number of carbonyl (C=O) groups excluding carboxylic acids is 1. The van der Waals surface area contributed by atoms with E-state index in [2.05, 4.69) is 10.5 Å². The number of nitrogens with one attached hydrogen (secondary N) is 1. The van der Waals surface area contributed by atoms with Crippen LogP contribution in [0.3, 0.4) is 0 Å². The molecule has 0 radical (unpaired) electrons. The molecule has 0 aliphatic carbocycles. The highest BCUT2D eigenvalue weighted by Gasteiger charge is 2.09. The van der Waals surface area contributed by atoms with Crippen molar-refractivity contribution in [2.24, 2.45) is 5.10 Å². The lowest BCUT2D eigenvalue weighted by Gasteiger charge is -2.08. The largest absolute Gasteiger partial charge is 0.507 e. The van der Waals surface area contributed by atoms with Crippen LogP contribution in [0.2, 0.25) is 0 Å². The van der Waals surface area contributed by atoms with Gasteiger partial charge < -0.3 is 5.11 Å². The van der Waals surface area contributed by atoms with E-state index in [9.17, 15) is 9.90 Å². The Kier molecular flexibility index (Phi) is 5.09. The van der Waals surface area contributed by atoms with Gasteiger partial charge in [0.1, 0.15) is 5.75 Å². The van der Waals surface area contributed by atoms with E-state index >= 15 is 0 Å². The zero-order valence-corrected chi connectivity index (χ0v) is 14.1. The topological polar surface area (TPSA) is 61.7 Å². The summed E-state index contributed by atoms with van der Waals surface area (Å²) in [6.45, 7) is 1.77. The van der Waals surface area contributed by atoms with Crippen LogP contribution in [-0.2, 0) is 11.2 Å². The summed E-state index contributed by atoms with van der Waals surface area (Å²) < 4.78 is 0. The maximum Gasteiger partial charge on any atom is 0.240 e. The zero-order valence-electron chi connectivity index (χ0n) is 14.1. The van der Waals surface area contributed by atoms with Crippen molar-refractivity contribution in [1.29, 1.82) is 0 Å². The number of hydrogen-bond donors (Lipinski definition) is 2. The van der Waals surface area contributed by atoms with Crippen molar-refractivity contribution in [2.75, 3.05) is 0 Å². The fourth-order valence-electron chi connectivity index (χ4n) is 2.71. The number of aryl methyl sites for hydroxylation is 1. The lowest BCUT2D eigenvalue weighted by atomic mass is 10.0. The highest BCUT2D eigenvalue weighted by atomic mass is 16.3. The molecule has 0 aliphatic rings. The van der Waals surface area contributed by atoms with E-state index in [1.54, 1.807) is 6.92 Å². The second-order valence-electron chi connectivity index (χ2n) is 5.90. The smallest absolute Gasteiger partial charge is 0.240 e. The summed E-state index contributed by atoms with van der Waals surface area (Å²) in [6.07, 6.45) is 1.03. The second-order valence-corrected chi connectivity index (χ2v) is 5.90. The molecular weight excluding hydrogens is 312 g/mol. The van der Waals surface area contributed by atoms with E-state index in [0.717, 1.165) is 16.3 Å². The van der Waals surface area contributed by atoms with E-state index in [-0.39, 0.29) is 11.7 Å². The number of carbonyl (C=O) groups is 1. The average molecular weight is 332 g/mol. The Morgan fingerprint density at radius 1 is 1.00 bits per heavy atom. The molecule has 0 spiro atoms. The summed E-state index contributed by atoms with van der Waals surface area (Å²) >= 11 is 0. The number of benzene rings is 3. The second kappa shape index (κ2) is 7.62. The summed E-state index contributed by atoms with van der Waals surface area (Å²) in [6, 6.07) is 21.2. The Hall–Kier alpha value is -3.14. The number of nitrogens with zero attached hydrogens (tertiary/aromatic N) is 1. The van der Waals surface area contributed by atoms with Crippen LogP contribution >= 0.6 is 0 Å². The number of phenols is 1. The number of rotatable bonds is 5. The minimum absolute atomic E-state index is 0.150. The molecular formula is C21H20N2O2. The Morgan fingerprint density at radius 3 is 2.52 bits per heavy atom. The van der Waals surface area contributed by atoms with E-state index in [1.165, 1.54) is 0 Å². The molecule has 25 heavy (non-hydrogen) atoms. The van der Waals surface area contributed by atoms with Crippen molar-refractivity contribution in [2.45, 2.75) is 19.8 Å². The predicted octanol–water partition coefficient (Wildman–Crippen LogP) is 4.02. The molecule has 3 aromatic rings. The average Bonchev–Trinajstić information content (AvgIpc) is 2.66. The van der Waals surface area contributed by atoms with Crippen LogP contribution in [0, 0.1) is 0 Å². The molecule has 4 heteroatoms. The predicted molar refractivity (Wildman–Crippen MR) is 101 cm³/mol. The van der Waals surface area contributed by atoms with Gasteiger partial charge in [0.05, 0.1) is 5.71 Å². The SMILES string of the molecule is C/C(=N\NC(=O)CCc1ccccc1)c1ccc2ccccc2c1O. The van der Waals surface area contributed by atoms with Crippen LogP contribution in [0.4, 0.5) is 0 Å². The third-order valence-electron chi connectivity index (χ3n) is 4.12. The Bertz CT molecular complexity index is 918. The molecule has 126 valence electrons. The Balaban J connectivity index is 1.67. The highest BCUT2D eigenvalue weighted by Crippen LogP contribution is 2.28. The molecule has 0 unspecified atom stereocenters. The summed E-state index contributed by atoms with van der Waals surface area (Å²) in [5, 5.41) is 16.3. The van der Waals surface area contributed by atoms with Crippen molar-refractivity contribution in [1.82, 2.24) is 5.43 Å². The van der Waals surface area contributed by atoms with Gasteiger partial charge in [0, 0.05) is 17.4 Å². The molecule has 0 bridgehead atoms. The number of fused-ring (bicyclic) bond motifs is 1. The van der Waals surface area contributed by atoms with Gasteiger partial charge in [0.25, 0.3) is 0 Å². The number of phenolic OH excluding ortho intramolecular Hbond substituents is 1. The molecule has 1 amide bonds. The molecule has 0 heterocycles.